The number of carbonyl (C=O) groups is 3. The molecule has 0 bridgehead atoms. The van der Waals surface area contributed by atoms with Crippen molar-refractivity contribution in [3.05, 3.63) is 29.3 Å². The smallest absolute Gasteiger partial charge is 0.251 e. The van der Waals surface area contributed by atoms with Crippen LogP contribution in [-0.2, 0) is 16.0 Å². The van der Waals surface area contributed by atoms with Gasteiger partial charge in [0.2, 0.25) is 11.8 Å². The highest BCUT2D eigenvalue weighted by Gasteiger charge is 2.25. The summed E-state index contributed by atoms with van der Waals surface area (Å²) >= 11 is 0. The van der Waals surface area contributed by atoms with Crippen LogP contribution in [0.2, 0.25) is 0 Å². The number of hydrogen-bond donors (Lipinski definition) is 1. The molecule has 3 rings (SSSR count). The van der Waals surface area contributed by atoms with Crippen LogP contribution >= 0.6 is 0 Å². The molecule has 1 aromatic carbocycles. The minimum absolute atomic E-state index is 0.000573. The fraction of sp³-hybridized carbons (Fsp3) is 0.526. The Hall–Kier alpha value is -2.37. The van der Waals surface area contributed by atoms with Crippen LogP contribution in [0, 0.1) is 0 Å². The summed E-state index contributed by atoms with van der Waals surface area (Å²) < 4.78 is 0. The summed E-state index contributed by atoms with van der Waals surface area (Å²) in [4.78, 5) is 39.6. The van der Waals surface area contributed by atoms with Crippen molar-refractivity contribution in [3.63, 3.8) is 0 Å². The molecule has 1 saturated heterocycles. The largest absolute Gasteiger partial charge is 0.350 e. The predicted octanol–water partition coefficient (Wildman–Crippen LogP) is 1.73. The van der Waals surface area contributed by atoms with E-state index in [4.69, 9.17) is 0 Å². The van der Waals surface area contributed by atoms with Gasteiger partial charge in [0.1, 0.15) is 0 Å². The summed E-state index contributed by atoms with van der Waals surface area (Å²) in [6.07, 6.45) is 3.37. The summed E-state index contributed by atoms with van der Waals surface area (Å²) in [5, 5.41) is 2.93. The van der Waals surface area contributed by atoms with E-state index < -0.39 is 0 Å². The molecule has 6 heteroatoms. The Kier molecular flexibility index (Phi) is 5.06. The van der Waals surface area contributed by atoms with Crippen molar-refractivity contribution in [2.45, 2.75) is 45.6 Å². The Morgan fingerprint density at radius 1 is 1.20 bits per heavy atom. The van der Waals surface area contributed by atoms with Crippen LogP contribution in [0.3, 0.4) is 0 Å². The number of anilines is 1. The van der Waals surface area contributed by atoms with Crippen molar-refractivity contribution in [2.24, 2.45) is 0 Å². The maximum atomic E-state index is 12.4. The van der Waals surface area contributed by atoms with Gasteiger partial charge >= 0.3 is 0 Å². The van der Waals surface area contributed by atoms with E-state index in [2.05, 4.69) is 5.32 Å². The molecule has 25 heavy (non-hydrogen) atoms. The van der Waals surface area contributed by atoms with Crippen LogP contribution in [0.25, 0.3) is 0 Å². The number of rotatable bonds is 4. The standard InChI is InChI=1S/C19H25N3O3/c1-13(21-9-4-3-5-18(21)24)12-20-19(25)16-6-7-17-15(11-16)8-10-22(17)14(2)23/h6-7,11,13H,3-5,8-10,12H2,1-2H3,(H,20,25). The lowest BCUT2D eigenvalue weighted by Gasteiger charge is -2.32. The lowest BCUT2D eigenvalue weighted by atomic mass is 10.1. The van der Waals surface area contributed by atoms with Crippen LogP contribution in [-0.4, -0.2) is 48.3 Å². The number of likely N-dealkylation sites (tertiary alicyclic amines) is 1. The zero-order valence-electron chi connectivity index (χ0n) is 14.9. The minimum atomic E-state index is -0.139. The van der Waals surface area contributed by atoms with Gasteiger partial charge in [0, 0.05) is 50.3 Å². The second-order valence-electron chi connectivity index (χ2n) is 6.87. The van der Waals surface area contributed by atoms with Gasteiger partial charge in [0.05, 0.1) is 0 Å². The Bertz CT molecular complexity index is 701. The lowest BCUT2D eigenvalue weighted by molar-refractivity contribution is -0.135. The van der Waals surface area contributed by atoms with E-state index in [0.717, 1.165) is 37.1 Å². The fourth-order valence-corrected chi connectivity index (χ4v) is 3.62. The minimum Gasteiger partial charge on any atom is -0.350 e. The quantitative estimate of drug-likeness (QED) is 0.905. The number of nitrogens with zero attached hydrogens (tertiary/aromatic N) is 2. The van der Waals surface area contributed by atoms with E-state index in [1.807, 2.05) is 24.0 Å². The average molecular weight is 343 g/mol. The molecule has 1 fully saturated rings. The number of piperidine rings is 1. The third-order valence-corrected chi connectivity index (χ3v) is 5.07. The van der Waals surface area contributed by atoms with Crippen molar-refractivity contribution >= 4 is 23.4 Å². The number of carbonyl (C=O) groups excluding carboxylic acids is 3. The molecule has 0 aliphatic carbocycles. The molecule has 3 amide bonds. The fourth-order valence-electron chi connectivity index (χ4n) is 3.62. The second-order valence-corrected chi connectivity index (χ2v) is 6.87. The van der Waals surface area contributed by atoms with Gasteiger partial charge in [-0.1, -0.05) is 0 Å². The van der Waals surface area contributed by atoms with Crippen LogP contribution < -0.4 is 10.2 Å². The van der Waals surface area contributed by atoms with E-state index in [9.17, 15) is 14.4 Å². The summed E-state index contributed by atoms with van der Waals surface area (Å²) in [5.74, 6) is 0.0613. The van der Waals surface area contributed by atoms with Crippen LogP contribution in [0.1, 0.15) is 49.0 Å². The molecular formula is C19H25N3O3. The SMILES string of the molecule is CC(=O)N1CCc2cc(C(=O)NCC(C)N3CCCCC3=O)ccc21. The normalized spacial score (nSPS) is 18.1. The molecular weight excluding hydrogens is 318 g/mol. The molecule has 0 spiro atoms. The van der Waals surface area contributed by atoms with Gasteiger partial charge < -0.3 is 15.1 Å². The third kappa shape index (κ3) is 3.67. The number of nitrogens with one attached hydrogen (secondary N) is 1. The first-order valence-electron chi connectivity index (χ1n) is 8.96. The van der Waals surface area contributed by atoms with Crippen LogP contribution in [0.15, 0.2) is 18.2 Å². The van der Waals surface area contributed by atoms with Crippen molar-refractivity contribution in [2.75, 3.05) is 24.5 Å². The van der Waals surface area contributed by atoms with Crippen molar-refractivity contribution in [3.8, 4) is 0 Å². The summed E-state index contributed by atoms with van der Waals surface area (Å²) in [7, 11) is 0. The molecule has 2 heterocycles. The first-order valence-corrected chi connectivity index (χ1v) is 8.96. The third-order valence-electron chi connectivity index (χ3n) is 5.07. The van der Waals surface area contributed by atoms with E-state index in [1.165, 1.54) is 0 Å². The first kappa shape index (κ1) is 17.5. The maximum Gasteiger partial charge on any atom is 0.251 e. The van der Waals surface area contributed by atoms with Gasteiger partial charge in [0.25, 0.3) is 5.91 Å². The zero-order valence-corrected chi connectivity index (χ0v) is 14.9. The number of fused-ring (bicyclic) bond motifs is 1. The lowest BCUT2D eigenvalue weighted by Crippen LogP contribution is -2.47. The summed E-state index contributed by atoms with van der Waals surface area (Å²) in [6, 6.07) is 5.46. The van der Waals surface area contributed by atoms with Gasteiger partial charge in [-0.05, 0) is 49.9 Å². The van der Waals surface area contributed by atoms with Gasteiger partial charge in [-0.25, -0.2) is 0 Å². The Labute approximate surface area is 148 Å². The molecule has 1 unspecified atom stereocenters. The summed E-state index contributed by atoms with van der Waals surface area (Å²) in [6.45, 7) is 5.41. The van der Waals surface area contributed by atoms with Crippen molar-refractivity contribution in [1.29, 1.82) is 0 Å². The van der Waals surface area contributed by atoms with E-state index in [-0.39, 0.29) is 23.8 Å². The molecule has 1 atom stereocenters. The maximum absolute atomic E-state index is 12.4. The Balaban J connectivity index is 1.60. The van der Waals surface area contributed by atoms with Crippen molar-refractivity contribution < 1.29 is 14.4 Å². The average Bonchev–Trinajstić information content (AvgIpc) is 3.03. The highest BCUT2D eigenvalue weighted by atomic mass is 16.2. The van der Waals surface area contributed by atoms with Gasteiger partial charge in [0.15, 0.2) is 0 Å². The number of amides is 3. The van der Waals surface area contributed by atoms with Gasteiger partial charge in [-0.15, -0.1) is 0 Å². The zero-order chi connectivity index (χ0) is 18.0. The van der Waals surface area contributed by atoms with E-state index >= 15 is 0 Å². The highest BCUT2D eigenvalue weighted by Crippen LogP contribution is 2.28. The second kappa shape index (κ2) is 7.25. The van der Waals surface area contributed by atoms with E-state index in [1.54, 1.807) is 17.9 Å². The molecule has 1 aromatic rings. The molecule has 2 aliphatic heterocycles. The van der Waals surface area contributed by atoms with Crippen LogP contribution in [0.5, 0.6) is 0 Å². The number of hydrogen-bond acceptors (Lipinski definition) is 3. The Morgan fingerprint density at radius 2 is 2.00 bits per heavy atom. The van der Waals surface area contributed by atoms with E-state index in [0.29, 0.717) is 25.1 Å². The van der Waals surface area contributed by atoms with Crippen molar-refractivity contribution in [1.82, 2.24) is 10.2 Å². The molecule has 6 nitrogen and oxygen atoms in total. The molecule has 0 aromatic heterocycles. The van der Waals surface area contributed by atoms with Gasteiger partial charge in [-0.3, -0.25) is 14.4 Å². The summed E-state index contributed by atoms with van der Waals surface area (Å²) in [5.41, 5.74) is 2.53. The molecule has 134 valence electrons. The number of benzene rings is 1. The molecule has 2 aliphatic rings. The molecule has 1 N–H and O–H groups in total. The van der Waals surface area contributed by atoms with Gasteiger partial charge in [-0.2, -0.15) is 0 Å². The Morgan fingerprint density at radius 3 is 2.72 bits per heavy atom. The predicted molar refractivity (Wildman–Crippen MR) is 95.5 cm³/mol. The molecule has 0 radical (unpaired) electrons. The van der Waals surface area contributed by atoms with Crippen LogP contribution in [0.4, 0.5) is 5.69 Å². The highest BCUT2D eigenvalue weighted by molar-refractivity contribution is 5.97. The molecule has 0 saturated carbocycles. The monoisotopic (exact) mass is 343 g/mol. The first-order chi connectivity index (χ1) is 12.0. The topological polar surface area (TPSA) is 69.7 Å².